The molecule has 0 fully saturated rings. The maximum absolute atomic E-state index is 12.6. The number of aromatic amines is 1. The average Bonchev–Trinajstić information content (AvgIpc) is 2.27. The van der Waals surface area contributed by atoms with Gasteiger partial charge in [-0.25, -0.2) is 8.42 Å². The van der Waals surface area contributed by atoms with Crippen LogP contribution in [-0.4, -0.2) is 13.4 Å². The van der Waals surface area contributed by atoms with Gasteiger partial charge in [-0.2, -0.15) is 0 Å². The average molecular weight is 277 g/mol. The van der Waals surface area contributed by atoms with Crippen molar-refractivity contribution in [2.45, 2.75) is 30.6 Å². The number of rotatable bonds is 2. The number of benzene rings is 1. The molecular formula is C14H15NO3S. The van der Waals surface area contributed by atoms with Crippen LogP contribution in [0.5, 0.6) is 0 Å². The Balaban J connectivity index is 2.79. The number of pyridine rings is 1. The molecule has 1 aromatic carbocycles. The smallest absolute Gasteiger partial charge is 0.267 e. The van der Waals surface area contributed by atoms with E-state index in [9.17, 15) is 13.2 Å². The molecule has 0 atom stereocenters. The van der Waals surface area contributed by atoms with Crippen LogP contribution in [0.4, 0.5) is 0 Å². The Morgan fingerprint density at radius 3 is 2.21 bits per heavy atom. The molecular weight excluding hydrogens is 262 g/mol. The van der Waals surface area contributed by atoms with Crippen molar-refractivity contribution in [3.05, 3.63) is 57.5 Å². The number of sulfone groups is 1. The lowest BCUT2D eigenvalue weighted by molar-refractivity contribution is 0.593. The molecule has 2 aromatic rings. The van der Waals surface area contributed by atoms with Crippen LogP contribution < -0.4 is 5.56 Å². The lowest BCUT2D eigenvalue weighted by Gasteiger charge is -2.09. The van der Waals surface area contributed by atoms with E-state index in [1.807, 2.05) is 0 Å². The molecule has 0 aliphatic rings. The molecule has 0 unspecified atom stereocenters. The normalized spacial score (nSPS) is 11.5. The summed E-state index contributed by atoms with van der Waals surface area (Å²) in [7, 11) is -3.79. The van der Waals surface area contributed by atoms with E-state index in [1.54, 1.807) is 45.0 Å². The van der Waals surface area contributed by atoms with Gasteiger partial charge in [0.1, 0.15) is 4.90 Å². The van der Waals surface area contributed by atoms with Crippen LogP contribution in [-0.2, 0) is 9.84 Å². The highest BCUT2D eigenvalue weighted by Crippen LogP contribution is 2.23. The molecule has 0 aliphatic heterocycles. The molecule has 0 aliphatic carbocycles. The molecule has 0 radical (unpaired) electrons. The van der Waals surface area contributed by atoms with Crippen molar-refractivity contribution in [1.29, 1.82) is 0 Å². The molecule has 4 nitrogen and oxygen atoms in total. The van der Waals surface area contributed by atoms with Crippen LogP contribution >= 0.6 is 0 Å². The third-order valence-corrected chi connectivity index (χ3v) is 5.04. The Hall–Kier alpha value is -1.88. The van der Waals surface area contributed by atoms with Gasteiger partial charge in [0.15, 0.2) is 0 Å². The molecule has 1 N–H and O–H groups in total. The van der Waals surface area contributed by atoms with Crippen molar-refractivity contribution in [2.24, 2.45) is 0 Å². The Labute approximate surface area is 112 Å². The van der Waals surface area contributed by atoms with Gasteiger partial charge in [-0.15, -0.1) is 0 Å². The van der Waals surface area contributed by atoms with E-state index >= 15 is 0 Å². The van der Waals surface area contributed by atoms with Gasteiger partial charge in [0.25, 0.3) is 5.56 Å². The van der Waals surface area contributed by atoms with Gasteiger partial charge >= 0.3 is 0 Å². The summed E-state index contributed by atoms with van der Waals surface area (Å²) in [6.07, 6.45) is 0. The molecule has 1 aromatic heterocycles. The van der Waals surface area contributed by atoms with E-state index in [1.165, 1.54) is 6.07 Å². The molecule has 1 heterocycles. The first-order chi connectivity index (χ1) is 8.84. The van der Waals surface area contributed by atoms with E-state index < -0.39 is 15.4 Å². The summed E-state index contributed by atoms with van der Waals surface area (Å²) in [4.78, 5) is 14.5. The number of aromatic nitrogens is 1. The van der Waals surface area contributed by atoms with Gasteiger partial charge < -0.3 is 4.98 Å². The standard InChI is InChI=1S/C14H15NO3S/c1-9-6-4-5-7-12(9)19(17,18)13-10(2)8-11(3)15-14(13)16/h4-8H,1-3H3,(H,15,16). The third-order valence-electron chi connectivity index (χ3n) is 2.96. The van der Waals surface area contributed by atoms with Gasteiger partial charge in [-0.3, -0.25) is 4.79 Å². The quantitative estimate of drug-likeness (QED) is 0.914. The fourth-order valence-electron chi connectivity index (χ4n) is 2.14. The van der Waals surface area contributed by atoms with Crippen molar-refractivity contribution in [3.63, 3.8) is 0 Å². The highest BCUT2D eigenvalue weighted by molar-refractivity contribution is 7.91. The van der Waals surface area contributed by atoms with Crippen molar-refractivity contribution >= 4 is 9.84 Å². The van der Waals surface area contributed by atoms with E-state index in [2.05, 4.69) is 4.98 Å². The Kier molecular flexibility index (Phi) is 3.32. The predicted octanol–water partition coefficient (Wildman–Crippen LogP) is 2.13. The zero-order valence-electron chi connectivity index (χ0n) is 11.0. The summed E-state index contributed by atoms with van der Waals surface area (Å²) >= 11 is 0. The maximum atomic E-state index is 12.6. The first kappa shape index (κ1) is 13.5. The third kappa shape index (κ3) is 2.33. The lowest BCUT2D eigenvalue weighted by atomic mass is 10.2. The monoisotopic (exact) mass is 277 g/mol. The summed E-state index contributed by atoms with van der Waals surface area (Å²) in [6, 6.07) is 8.30. The van der Waals surface area contributed by atoms with Gasteiger partial charge in [0.2, 0.25) is 9.84 Å². The van der Waals surface area contributed by atoms with Gasteiger partial charge in [-0.1, -0.05) is 18.2 Å². The molecule has 2 rings (SSSR count). The predicted molar refractivity (Wildman–Crippen MR) is 73.2 cm³/mol. The minimum absolute atomic E-state index is 0.174. The van der Waals surface area contributed by atoms with Crippen LogP contribution in [0.1, 0.15) is 16.8 Å². The zero-order chi connectivity index (χ0) is 14.2. The second kappa shape index (κ2) is 4.66. The summed E-state index contributed by atoms with van der Waals surface area (Å²) in [5, 5.41) is 0. The lowest BCUT2D eigenvalue weighted by Crippen LogP contribution is -2.20. The summed E-state index contributed by atoms with van der Waals surface area (Å²) in [5.41, 5.74) is 1.17. The first-order valence-corrected chi connectivity index (χ1v) is 7.33. The highest BCUT2D eigenvalue weighted by atomic mass is 32.2. The molecule has 19 heavy (non-hydrogen) atoms. The van der Waals surface area contributed by atoms with E-state index in [-0.39, 0.29) is 9.79 Å². The SMILES string of the molecule is Cc1cc(C)c(S(=O)(=O)c2ccccc2C)c(=O)[nH]1. The first-order valence-electron chi connectivity index (χ1n) is 5.85. The molecule has 0 saturated carbocycles. The van der Waals surface area contributed by atoms with Crippen molar-refractivity contribution < 1.29 is 8.42 Å². The van der Waals surface area contributed by atoms with Gasteiger partial charge in [0, 0.05) is 5.69 Å². The van der Waals surface area contributed by atoms with Gasteiger partial charge in [0.05, 0.1) is 4.90 Å². The van der Waals surface area contributed by atoms with Gasteiger partial charge in [-0.05, 0) is 44.0 Å². The largest absolute Gasteiger partial charge is 0.325 e. The summed E-state index contributed by atoms with van der Waals surface area (Å²) < 4.78 is 25.2. The Morgan fingerprint density at radius 1 is 1.00 bits per heavy atom. The van der Waals surface area contributed by atoms with Crippen LogP contribution in [0.15, 0.2) is 44.9 Å². The van der Waals surface area contributed by atoms with Crippen LogP contribution in [0.25, 0.3) is 0 Å². The minimum Gasteiger partial charge on any atom is -0.325 e. The topological polar surface area (TPSA) is 67.0 Å². The Bertz CT molecular complexity index is 789. The highest BCUT2D eigenvalue weighted by Gasteiger charge is 2.25. The molecule has 0 spiro atoms. The zero-order valence-corrected chi connectivity index (χ0v) is 11.8. The molecule has 0 saturated heterocycles. The fraction of sp³-hybridized carbons (Fsp3) is 0.214. The van der Waals surface area contributed by atoms with E-state index in [0.29, 0.717) is 16.8 Å². The molecule has 5 heteroatoms. The molecule has 0 amide bonds. The number of hydrogen-bond acceptors (Lipinski definition) is 3. The maximum Gasteiger partial charge on any atom is 0.267 e. The number of hydrogen-bond donors (Lipinski definition) is 1. The van der Waals surface area contributed by atoms with Crippen LogP contribution in [0, 0.1) is 20.8 Å². The van der Waals surface area contributed by atoms with E-state index in [0.717, 1.165) is 0 Å². The Morgan fingerprint density at radius 2 is 1.63 bits per heavy atom. The van der Waals surface area contributed by atoms with Crippen LogP contribution in [0.3, 0.4) is 0 Å². The van der Waals surface area contributed by atoms with Crippen molar-refractivity contribution in [1.82, 2.24) is 4.98 Å². The van der Waals surface area contributed by atoms with Crippen molar-refractivity contribution in [2.75, 3.05) is 0 Å². The number of aryl methyl sites for hydroxylation is 3. The minimum atomic E-state index is -3.79. The summed E-state index contributed by atoms with van der Waals surface area (Å²) in [6.45, 7) is 5.07. The van der Waals surface area contributed by atoms with Crippen LogP contribution in [0.2, 0.25) is 0 Å². The fourth-order valence-corrected chi connectivity index (χ4v) is 3.89. The molecule has 100 valence electrons. The van der Waals surface area contributed by atoms with Crippen molar-refractivity contribution in [3.8, 4) is 0 Å². The summed E-state index contributed by atoms with van der Waals surface area (Å²) in [5.74, 6) is 0. The molecule has 0 bridgehead atoms. The number of nitrogens with one attached hydrogen (secondary N) is 1. The second-order valence-corrected chi connectivity index (χ2v) is 6.42. The van der Waals surface area contributed by atoms with E-state index in [4.69, 9.17) is 0 Å². The number of H-pyrrole nitrogens is 1. The second-order valence-electron chi connectivity index (χ2n) is 4.56.